The molecule has 1 aliphatic heterocycles. The predicted molar refractivity (Wildman–Crippen MR) is 88.9 cm³/mol. The van der Waals surface area contributed by atoms with Gasteiger partial charge in [0.25, 0.3) is 0 Å². The summed E-state index contributed by atoms with van der Waals surface area (Å²) in [5.41, 5.74) is 0. The molecule has 1 aromatic rings. The van der Waals surface area contributed by atoms with E-state index in [4.69, 9.17) is 9.84 Å². The van der Waals surface area contributed by atoms with Crippen molar-refractivity contribution in [1.82, 2.24) is 4.98 Å². The third-order valence-electron chi connectivity index (χ3n) is 4.46. The van der Waals surface area contributed by atoms with E-state index < -0.39 is 5.97 Å². The molecule has 2 rings (SSSR count). The molecule has 0 unspecified atom stereocenters. The van der Waals surface area contributed by atoms with Crippen LogP contribution >= 0.6 is 0 Å². The van der Waals surface area contributed by atoms with Crippen molar-refractivity contribution in [2.24, 2.45) is 5.92 Å². The number of hydrogen-bond acceptors (Lipinski definition) is 4. The molecule has 6 heteroatoms. The van der Waals surface area contributed by atoms with E-state index >= 15 is 0 Å². The minimum atomic E-state index is -0.719. The number of aliphatic hydroxyl groups excluding tert-OH is 1. The number of ether oxygens (including phenoxy) is 1. The van der Waals surface area contributed by atoms with Crippen molar-refractivity contribution in [2.75, 3.05) is 6.61 Å². The zero-order chi connectivity index (χ0) is 16.5. The zero-order valence-electron chi connectivity index (χ0n) is 13.4. The molecular weight excluding hydrogens is 293 g/mol. The van der Waals surface area contributed by atoms with Gasteiger partial charge in [0.05, 0.1) is 12.7 Å². The second kappa shape index (κ2) is 9.55. The van der Waals surface area contributed by atoms with Crippen molar-refractivity contribution < 1.29 is 19.7 Å². The standard InChI is InChI=1S/C17H25BNO4/c20-15-11-18-14(7-3-1-2-4-9-17(21)22)13(15)12-23-16-8-5-6-10-19-16/h5-6,8,10,13-15,20H,1-4,7,9,11-12H2,(H,21,22)/t13-,14-,15-/m1/s1. The summed E-state index contributed by atoms with van der Waals surface area (Å²) in [7, 11) is 2.20. The molecule has 1 fully saturated rings. The molecule has 23 heavy (non-hydrogen) atoms. The lowest BCUT2D eigenvalue weighted by Gasteiger charge is -2.22. The van der Waals surface area contributed by atoms with E-state index in [-0.39, 0.29) is 18.4 Å². The number of hydrogen-bond donors (Lipinski definition) is 2. The number of pyridine rings is 1. The van der Waals surface area contributed by atoms with Gasteiger partial charge in [-0.05, 0) is 12.5 Å². The van der Waals surface area contributed by atoms with Gasteiger partial charge in [-0.2, -0.15) is 0 Å². The highest BCUT2D eigenvalue weighted by atomic mass is 16.5. The SMILES string of the molecule is O=C(O)CCCCCC[C@H]1[B]C[C@@H](O)[C@@H]1COc1ccccn1. The third-order valence-corrected chi connectivity index (χ3v) is 4.46. The monoisotopic (exact) mass is 318 g/mol. The molecule has 1 aromatic heterocycles. The summed E-state index contributed by atoms with van der Waals surface area (Å²) in [6, 6.07) is 5.55. The van der Waals surface area contributed by atoms with Crippen LogP contribution in [-0.2, 0) is 4.79 Å². The second-order valence-electron chi connectivity index (χ2n) is 6.19. The Labute approximate surface area is 138 Å². The maximum Gasteiger partial charge on any atom is 0.303 e. The maximum absolute atomic E-state index is 10.5. The Morgan fingerprint density at radius 2 is 2.13 bits per heavy atom. The fourth-order valence-electron chi connectivity index (χ4n) is 3.14. The lowest BCUT2D eigenvalue weighted by molar-refractivity contribution is -0.137. The topological polar surface area (TPSA) is 79.7 Å². The molecule has 0 aliphatic carbocycles. The molecule has 0 saturated carbocycles. The first-order chi connectivity index (χ1) is 11.2. The summed E-state index contributed by atoms with van der Waals surface area (Å²) < 4.78 is 5.71. The molecule has 5 nitrogen and oxygen atoms in total. The maximum atomic E-state index is 10.5. The Morgan fingerprint density at radius 3 is 2.87 bits per heavy atom. The van der Waals surface area contributed by atoms with Crippen LogP contribution in [0.5, 0.6) is 5.88 Å². The van der Waals surface area contributed by atoms with Crippen molar-refractivity contribution in [2.45, 2.75) is 56.8 Å². The van der Waals surface area contributed by atoms with Crippen LogP contribution in [0.25, 0.3) is 0 Å². The number of aliphatic carboxylic acids is 1. The number of aliphatic hydroxyl groups is 1. The van der Waals surface area contributed by atoms with Crippen LogP contribution in [0.4, 0.5) is 0 Å². The van der Waals surface area contributed by atoms with Gasteiger partial charge in [-0.3, -0.25) is 4.79 Å². The molecule has 125 valence electrons. The molecule has 0 amide bonds. The number of carbonyl (C=O) groups is 1. The van der Waals surface area contributed by atoms with E-state index in [1.165, 1.54) is 0 Å². The summed E-state index contributed by atoms with van der Waals surface area (Å²) >= 11 is 0. The molecule has 2 heterocycles. The van der Waals surface area contributed by atoms with E-state index in [0.29, 0.717) is 18.3 Å². The third kappa shape index (κ3) is 6.22. The molecule has 1 radical (unpaired) electrons. The van der Waals surface area contributed by atoms with E-state index in [1.54, 1.807) is 6.20 Å². The molecule has 2 N–H and O–H groups in total. The number of carboxylic acids is 1. The van der Waals surface area contributed by atoms with Crippen LogP contribution in [-0.4, -0.2) is 41.2 Å². The van der Waals surface area contributed by atoms with Gasteiger partial charge >= 0.3 is 5.97 Å². The highest BCUT2D eigenvalue weighted by Gasteiger charge is 2.35. The Hall–Kier alpha value is -1.56. The molecule has 0 spiro atoms. The average Bonchev–Trinajstić information content (AvgIpc) is 2.89. The Kier molecular flexibility index (Phi) is 7.39. The summed E-state index contributed by atoms with van der Waals surface area (Å²) in [4.78, 5) is 14.6. The molecule has 3 atom stereocenters. The molecular formula is C17H25BNO4. The van der Waals surface area contributed by atoms with Gasteiger partial charge in [0.1, 0.15) is 7.28 Å². The van der Waals surface area contributed by atoms with Crippen molar-refractivity contribution in [3.8, 4) is 5.88 Å². The minimum absolute atomic E-state index is 0.121. The highest BCUT2D eigenvalue weighted by Crippen LogP contribution is 2.36. The van der Waals surface area contributed by atoms with Crippen LogP contribution < -0.4 is 4.74 Å². The minimum Gasteiger partial charge on any atom is -0.481 e. The first-order valence-electron chi connectivity index (χ1n) is 8.44. The fourth-order valence-corrected chi connectivity index (χ4v) is 3.14. The zero-order valence-corrected chi connectivity index (χ0v) is 13.4. The summed E-state index contributed by atoms with van der Waals surface area (Å²) in [6.07, 6.45) is 7.18. The first-order valence-corrected chi connectivity index (χ1v) is 8.44. The van der Waals surface area contributed by atoms with Gasteiger partial charge in [0, 0.05) is 24.6 Å². The van der Waals surface area contributed by atoms with Gasteiger partial charge < -0.3 is 14.9 Å². The smallest absolute Gasteiger partial charge is 0.303 e. The van der Waals surface area contributed by atoms with E-state index in [1.807, 2.05) is 18.2 Å². The van der Waals surface area contributed by atoms with Crippen LogP contribution in [0.1, 0.15) is 38.5 Å². The molecule has 1 saturated heterocycles. The second-order valence-corrected chi connectivity index (χ2v) is 6.19. The summed E-state index contributed by atoms with van der Waals surface area (Å²) in [6.45, 7) is 0.484. The van der Waals surface area contributed by atoms with Crippen LogP contribution in [0.15, 0.2) is 24.4 Å². The van der Waals surface area contributed by atoms with Gasteiger partial charge in [-0.15, -0.1) is 0 Å². The summed E-state index contributed by atoms with van der Waals surface area (Å²) in [5.74, 6) is 0.368. The normalized spacial score (nSPS) is 23.4. The number of nitrogens with zero attached hydrogens (tertiary/aromatic N) is 1. The Bertz CT molecular complexity index is 471. The summed E-state index contributed by atoms with van der Waals surface area (Å²) in [5, 5.41) is 18.8. The number of rotatable bonds is 10. The quantitative estimate of drug-likeness (QED) is 0.512. The highest BCUT2D eigenvalue weighted by molar-refractivity contribution is 6.39. The van der Waals surface area contributed by atoms with Crippen molar-refractivity contribution in [1.29, 1.82) is 0 Å². The molecule has 0 aromatic carbocycles. The van der Waals surface area contributed by atoms with Gasteiger partial charge in [-0.1, -0.05) is 43.9 Å². The molecule has 1 aliphatic rings. The fraction of sp³-hybridized carbons (Fsp3) is 0.647. The van der Waals surface area contributed by atoms with Gasteiger partial charge in [0.2, 0.25) is 5.88 Å². The Balaban J connectivity index is 1.67. The largest absolute Gasteiger partial charge is 0.481 e. The Morgan fingerprint density at radius 1 is 1.30 bits per heavy atom. The van der Waals surface area contributed by atoms with E-state index in [0.717, 1.165) is 38.4 Å². The number of carboxylic acid groups (broad SMARTS) is 1. The first kappa shape index (κ1) is 17.8. The van der Waals surface area contributed by atoms with Crippen molar-refractivity contribution >= 4 is 13.2 Å². The van der Waals surface area contributed by atoms with Gasteiger partial charge in [0.15, 0.2) is 0 Å². The van der Waals surface area contributed by atoms with Crippen molar-refractivity contribution in [3.05, 3.63) is 24.4 Å². The van der Waals surface area contributed by atoms with Crippen LogP contribution in [0.2, 0.25) is 12.1 Å². The van der Waals surface area contributed by atoms with Gasteiger partial charge in [-0.25, -0.2) is 4.98 Å². The van der Waals surface area contributed by atoms with Crippen LogP contribution in [0.3, 0.4) is 0 Å². The predicted octanol–water partition coefficient (Wildman–Crippen LogP) is 2.79. The van der Waals surface area contributed by atoms with E-state index in [2.05, 4.69) is 12.3 Å². The van der Waals surface area contributed by atoms with Crippen LogP contribution in [0, 0.1) is 5.92 Å². The lowest BCUT2D eigenvalue weighted by Crippen LogP contribution is -2.24. The number of aromatic nitrogens is 1. The van der Waals surface area contributed by atoms with E-state index in [9.17, 15) is 9.90 Å². The average molecular weight is 318 g/mol. The van der Waals surface area contributed by atoms with Crippen molar-refractivity contribution in [3.63, 3.8) is 0 Å². The molecule has 0 bridgehead atoms. The number of unbranched alkanes of at least 4 members (excludes halogenated alkanes) is 3. The lowest BCUT2D eigenvalue weighted by atomic mass is 9.63.